The van der Waals surface area contributed by atoms with Gasteiger partial charge in [-0.3, -0.25) is 4.98 Å². The minimum absolute atomic E-state index is 1.04. The van der Waals surface area contributed by atoms with Crippen LogP contribution in [-0.2, 0) is 12.8 Å². The highest BCUT2D eigenvalue weighted by Gasteiger charge is 2.03. The minimum atomic E-state index is 1.04. The van der Waals surface area contributed by atoms with Gasteiger partial charge in [0.15, 0.2) is 0 Å². The molecule has 0 fully saturated rings. The Morgan fingerprint density at radius 2 is 1.60 bits per heavy atom. The molecule has 0 saturated heterocycles. The molecule has 0 N–H and O–H groups in total. The fourth-order valence-corrected chi connectivity index (χ4v) is 2.54. The van der Waals surface area contributed by atoms with E-state index >= 15 is 0 Å². The van der Waals surface area contributed by atoms with Gasteiger partial charge in [0.2, 0.25) is 0 Å². The van der Waals surface area contributed by atoms with E-state index < -0.39 is 0 Å². The number of hydrogen-bond donors (Lipinski definition) is 0. The van der Waals surface area contributed by atoms with E-state index in [1.165, 1.54) is 22.1 Å². The van der Waals surface area contributed by atoms with Crippen LogP contribution >= 0.6 is 0 Å². The van der Waals surface area contributed by atoms with Gasteiger partial charge < -0.3 is 0 Å². The Morgan fingerprint density at radius 1 is 0.800 bits per heavy atom. The molecule has 1 nitrogen and oxygen atoms in total. The third kappa shape index (κ3) is 2.72. The molecule has 0 atom stereocenters. The molecule has 100 valence electrons. The molecule has 1 heterocycles. The fourth-order valence-electron chi connectivity index (χ4n) is 2.54. The molecule has 0 amide bonds. The van der Waals surface area contributed by atoms with Crippen molar-refractivity contribution in [3.8, 4) is 0 Å². The molecule has 1 heteroatoms. The topological polar surface area (TPSA) is 12.9 Å². The second kappa shape index (κ2) is 5.46. The molecule has 0 unspecified atom stereocenters. The van der Waals surface area contributed by atoms with E-state index in [1.807, 2.05) is 0 Å². The lowest BCUT2D eigenvalue weighted by Gasteiger charge is -2.07. The van der Waals surface area contributed by atoms with Crippen LogP contribution in [0.2, 0.25) is 0 Å². The van der Waals surface area contributed by atoms with E-state index in [9.17, 15) is 0 Å². The van der Waals surface area contributed by atoms with Crippen molar-refractivity contribution in [1.82, 2.24) is 4.98 Å². The minimum Gasteiger partial charge on any atom is -0.253 e. The molecule has 0 aliphatic heterocycles. The van der Waals surface area contributed by atoms with Gasteiger partial charge in [-0.25, -0.2) is 0 Å². The summed E-state index contributed by atoms with van der Waals surface area (Å²) < 4.78 is 0. The molecule has 0 radical (unpaired) electrons. The summed E-state index contributed by atoms with van der Waals surface area (Å²) in [5.74, 6) is 0. The number of fused-ring (bicyclic) bond motifs is 1. The van der Waals surface area contributed by atoms with Gasteiger partial charge in [-0.2, -0.15) is 0 Å². The Kier molecular flexibility index (Phi) is 3.51. The van der Waals surface area contributed by atoms with Crippen molar-refractivity contribution >= 4 is 10.9 Å². The first-order valence-electron chi connectivity index (χ1n) is 7.13. The molecule has 0 aliphatic carbocycles. The summed E-state index contributed by atoms with van der Waals surface area (Å²) in [6.45, 7) is 4.18. The molecule has 3 aromatic rings. The number of pyridine rings is 1. The van der Waals surface area contributed by atoms with Gasteiger partial charge in [-0.05, 0) is 43.9 Å². The average Bonchev–Trinajstić information content (AvgIpc) is 2.47. The van der Waals surface area contributed by atoms with Crippen LogP contribution in [0.25, 0.3) is 10.9 Å². The highest BCUT2D eigenvalue weighted by atomic mass is 14.7. The largest absolute Gasteiger partial charge is 0.253 e. The van der Waals surface area contributed by atoms with Crippen molar-refractivity contribution in [2.75, 3.05) is 0 Å². The zero-order chi connectivity index (χ0) is 13.9. The zero-order valence-electron chi connectivity index (χ0n) is 12.1. The zero-order valence-corrected chi connectivity index (χ0v) is 12.1. The summed E-state index contributed by atoms with van der Waals surface area (Å²) in [7, 11) is 0. The summed E-state index contributed by atoms with van der Waals surface area (Å²) in [5.41, 5.74) is 6.28. The van der Waals surface area contributed by atoms with Gasteiger partial charge in [0.25, 0.3) is 0 Å². The maximum absolute atomic E-state index is 4.70. The summed E-state index contributed by atoms with van der Waals surface area (Å²) in [6.07, 6.45) is 2.10. The third-order valence-corrected chi connectivity index (χ3v) is 3.75. The predicted molar refractivity (Wildman–Crippen MR) is 85.1 cm³/mol. The second-order valence-corrected chi connectivity index (χ2v) is 5.43. The van der Waals surface area contributed by atoms with Gasteiger partial charge in [-0.15, -0.1) is 0 Å². The smallest absolute Gasteiger partial charge is 0.0737 e. The van der Waals surface area contributed by atoms with Crippen LogP contribution in [0.1, 0.15) is 22.4 Å². The quantitative estimate of drug-likeness (QED) is 0.669. The van der Waals surface area contributed by atoms with Crippen molar-refractivity contribution < 1.29 is 0 Å². The lowest BCUT2D eigenvalue weighted by atomic mass is 10.0. The van der Waals surface area contributed by atoms with E-state index in [0.29, 0.717) is 0 Å². The maximum atomic E-state index is 4.70. The fraction of sp³-hybridized carbons (Fsp3) is 0.211. The van der Waals surface area contributed by atoms with E-state index in [2.05, 4.69) is 68.4 Å². The van der Waals surface area contributed by atoms with E-state index in [-0.39, 0.29) is 0 Å². The van der Waals surface area contributed by atoms with Crippen molar-refractivity contribution in [2.24, 2.45) is 0 Å². The molecule has 0 aliphatic rings. The van der Waals surface area contributed by atoms with Crippen LogP contribution in [-0.4, -0.2) is 4.98 Å². The Hall–Kier alpha value is -2.15. The van der Waals surface area contributed by atoms with Crippen molar-refractivity contribution in [1.29, 1.82) is 0 Å². The van der Waals surface area contributed by atoms with E-state index in [0.717, 1.165) is 24.1 Å². The normalized spacial score (nSPS) is 10.9. The second-order valence-electron chi connectivity index (χ2n) is 5.43. The maximum Gasteiger partial charge on any atom is 0.0737 e. The lowest BCUT2D eigenvalue weighted by molar-refractivity contribution is 0.963. The molecule has 1 aromatic heterocycles. The first-order valence-corrected chi connectivity index (χ1v) is 7.13. The van der Waals surface area contributed by atoms with E-state index in [1.54, 1.807) is 0 Å². The summed E-state index contributed by atoms with van der Waals surface area (Å²) in [6, 6.07) is 19.5. The number of benzene rings is 2. The molecule has 3 rings (SSSR count). The van der Waals surface area contributed by atoms with Crippen molar-refractivity contribution in [2.45, 2.75) is 26.7 Å². The highest BCUT2D eigenvalue weighted by molar-refractivity contribution is 5.81. The highest BCUT2D eigenvalue weighted by Crippen LogP contribution is 2.19. The standard InChI is InChI=1S/C19H19N/c1-14-6-9-16(10-7-14)11-13-18-5-3-4-17-12-8-15(2)20-19(17)18/h3-10,12H,11,13H2,1-2H3. The number of para-hydroxylation sites is 1. The Morgan fingerprint density at radius 3 is 2.40 bits per heavy atom. The van der Waals surface area contributed by atoms with Crippen LogP contribution in [0, 0.1) is 13.8 Å². The van der Waals surface area contributed by atoms with Crippen LogP contribution in [0.4, 0.5) is 0 Å². The summed E-state index contributed by atoms with van der Waals surface area (Å²) in [4.78, 5) is 4.70. The van der Waals surface area contributed by atoms with Crippen molar-refractivity contribution in [3.63, 3.8) is 0 Å². The number of aromatic nitrogens is 1. The first kappa shape index (κ1) is 12.9. The SMILES string of the molecule is Cc1ccc(CCc2cccc3ccc(C)nc23)cc1. The van der Waals surface area contributed by atoms with Crippen LogP contribution in [0.5, 0.6) is 0 Å². The van der Waals surface area contributed by atoms with Crippen LogP contribution < -0.4 is 0 Å². The summed E-state index contributed by atoms with van der Waals surface area (Å²) >= 11 is 0. The molecule has 0 spiro atoms. The molecule has 2 aromatic carbocycles. The molecule has 20 heavy (non-hydrogen) atoms. The molecule has 0 bridgehead atoms. The average molecular weight is 261 g/mol. The van der Waals surface area contributed by atoms with Crippen LogP contribution in [0.15, 0.2) is 54.6 Å². The van der Waals surface area contributed by atoms with E-state index in [4.69, 9.17) is 4.98 Å². The Bertz CT molecular complexity index is 726. The third-order valence-electron chi connectivity index (χ3n) is 3.75. The predicted octanol–water partition coefficient (Wildman–Crippen LogP) is 4.64. The number of nitrogens with zero attached hydrogens (tertiary/aromatic N) is 1. The van der Waals surface area contributed by atoms with Gasteiger partial charge in [-0.1, -0.05) is 54.1 Å². The summed E-state index contributed by atoms with van der Waals surface area (Å²) in [5, 5.41) is 1.23. The Balaban J connectivity index is 1.87. The monoisotopic (exact) mass is 261 g/mol. The van der Waals surface area contributed by atoms with Gasteiger partial charge in [0, 0.05) is 11.1 Å². The van der Waals surface area contributed by atoms with Gasteiger partial charge in [0.1, 0.15) is 0 Å². The lowest BCUT2D eigenvalue weighted by Crippen LogP contribution is -1.95. The van der Waals surface area contributed by atoms with Gasteiger partial charge in [0.05, 0.1) is 5.52 Å². The van der Waals surface area contributed by atoms with Crippen molar-refractivity contribution in [3.05, 3.63) is 77.0 Å². The van der Waals surface area contributed by atoms with Crippen LogP contribution in [0.3, 0.4) is 0 Å². The number of rotatable bonds is 3. The molecular weight excluding hydrogens is 242 g/mol. The molecule has 0 saturated carbocycles. The number of hydrogen-bond acceptors (Lipinski definition) is 1. The van der Waals surface area contributed by atoms with Gasteiger partial charge >= 0.3 is 0 Å². The number of aryl methyl sites for hydroxylation is 4. The Labute approximate surface area is 120 Å². The molecular formula is C19H19N. The first-order chi connectivity index (χ1) is 9.72.